The van der Waals surface area contributed by atoms with Gasteiger partial charge in [-0.3, -0.25) is 4.99 Å². The molecule has 0 aliphatic heterocycles. The summed E-state index contributed by atoms with van der Waals surface area (Å²) in [6, 6.07) is 3.98. The molecule has 0 aromatic heterocycles. The van der Waals surface area contributed by atoms with E-state index in [1.54, 1.807) is 0 Å². The fraction of sp³-hybridized carbons (Fsp3) is 0.364. The Labute approximate surface area is 105 Å². The molecule has 0 saturated heterocycles. The summed E-state index contributed by atoms with van der Waals surface area (Å²) in [4.78, 5) is 3.77. The van der Waals surface area contributed by atoms with E-state index in [1.807, 2.05) is 0 Å². The van der Waals surface area contributed by atoms with Crippen molar-refractivity contribution in [2.75, 3.05) is 19.6 Å². The third-order valence-electron chi connectivity index (χ3n) is 2.23. The number of phenols is 2. The average Bonchev–Trinajstić information content (AvgIpc) is 2.26. The zero-order chi connectivity index (χ0) is 13.5. The first-order chi connectivity index (χ1) is 8.49. The molecule has 7 heteroatoms. The number of hydrogen-bond donors (Lipinski definition) is 6. The number of aliphatic hydroxyl groups is 1. The van der Waals surface area contributed by atoms with Gasteiger partial charge in [-0.15, -0.1) is 0 Å². The van der Waals surface area contributed by atoms with Gasteiger partial charge >= 0.3 is 0 Å². The summed E-state index contributed by atoms with van der Waals surface area (Å²) < 4.78 is 0. The summed E-state index contributed by atoms with van der Waals surface area (Å²) in [7, 11) is 0. The van der Waals surface area contributed by atoms with E-state index in [0.29, 0.717) is 18.7 Å². The number of nitrogens with two attached hydrogens (primary N) is 2. The Morgan fingerprint density at radius 1 is 1.22 bits per heavy atom. The Kier molecular flexibility index (Phi) is 5.22. The summed E-state index contributed by atoms with van der Waals surface area (Å²) in [5, 5.41) is 31.3. The normalized spacial score (nSPS) is 12.1. The van der Waals surface area contributed by atoms with Crippen LogP contribution in [-0.2, 0) is 0 Å². The quantitative estimate of drug-likeness (QED) is 0.219. The third kappa shape index (κ3) is 4.89. The molecule has 0 heterocycles. The number of aliphatic hydroxyl groups excluding tert-OH is 1. The summed E-state index contributed by atoms with van der Waals surface area (Å²) in [6.07, 6.45) is -0.831. The second-order valence-electron chi connectivity index (χ2n) is 3.81. The molecule has 0 aliphatic carbocycles. The molecule has 0 aliphatic rings. The fourth-order valence-corrected chi connectivity index (χ4v) is 1.43. The molecule has 1 aromatic rings. The van der Waals surface area contributed by atoms with Gasteiger partial charge in [0, 0.05) is 19.2 Å². The first-order valence-corrected chi connectivity index (χ1v) is 5.46. The van der Waals surface area contributed by atoms with E-state index >= 15 is 0 Å². The number of hydrogen-bond acceptors (Lipinski definition) is 5. The van der Waals surface area contributed by atoms with Crippen LogP contribution in [0.15, 0.2) is 23.2 Å². The van der Waals surface area contributed by atoms with Gasteiger partial charge in [0.2, 0.25) is 0 Å². The van der Waals surface area contributed by atoms with Gasteiger partial charge in [0.05, 0.1) is 12.6 Å². The lowest BCUT2D eigenvalue weighted by atomic mass is 10.1. The monoisotopic (exact) mass is 254 g/mol. The van der Waals surface area contributed by atoms with Gasteiger partial charge in [0.1, 0.15) is 11.5 Å². The van der Waals surface area contributed by atoms with Gasteiger partial charge in [-0.25, -0.2) is 0 Å². The molecule has 0 fully saturated rings. The number of benzene rings is 1. The smallest absolute Gasteiger partial charge is 0.185 e. The highest BCUT2D eigenvalue weighted by molar-refractivity contribution is 5.75. The van der Waals surface area contributed by atoms with Crippen molar-refractivity contribution >= 4 is 5.96 Å². The minimum Gasteiger partial charge on any atom is -0.508 e. The standard InChI is InChI=1S/C11H18N4O3/c12-11(13)15-2-1-14-6-10(18)7-3-8(16)5-9(17)4-7/h3-5,10,14,16-18H,1-2,6H2,(H4,12,13,15). The average molecular weight is 254 g/mol. The van der Waals surface area contributed by atoms with E-state index in [2.05, 4.69) is 10.3 Å². The Morgan fingerprint density at radius 2 is 1.83 bits per heavy atom. The second kappa shape index (κ2) is 6.67. The van der Waals surface area contributed by atoms with Crippen LogP contribution in [-0.4, -0.2) is 40.9 Å². The van der Waals surface area contributed by atoms with Crippen LogP contribution in [0, 0.1) is 0 Å². The van der Waals surface area contributed by atoms with Crippen LogP contribution in [0.2, 0.25) is 0 Å². The van der Waals surface area contributed by atoms with Crippen molar-refractivity contribution < 1.29 is 15.3 Å². The van der Waals surface area contributed by atoms with Crippen molar-refractivity contribution in [2.24, 2.45) is 16.5 Å². The minimum absolute atomic E-state index is 0.0234. The Hall–Kier alpha value is -1.99. The molecule has 1 unspecified atom stereocenters. The highest BCUT2D eigenvalue weighted by Crippen LogP contribution is 2.24. The van der Waals surface area contributed by atoms with Crippen molar-refractivity contribution in [2.45, 2.75) is 6.10 Å². The molecule has 0 bridgehead atoms. The molecule has 0 saturated carbocycles. The number of guanidine groups is 1. The summed E-state index contributed by atoms with van der Waals surface area (Å²) in [5.74, 6) is -0.163. The van der Waals surface area contributed by atoms with Gasteiger partial charge in [-0.05, 0) is 17.7 Å². The zero-order valence-electron chi connectivity index (χ0n) is 9.87. The molecule has 0 spiro atoms. The molecule has 18 heavy (non-hydrogen) atoms. The molecule has 8 N–H and O–H groups in total. The van der Waals surface area contributed by atoms with E-state index in [0.717, 1.165) is 0 Å². The van der Waals surface area contributed by atoms with E-state index in [9.17, 15) is 15.3 Å². The lowest BCUT2D eigenvalue weighted by Crippen LogP contribution is -2.27. The Bertz CT molecular complexity index is 398. The predicted molar refractivity (Wildman–Crippen MR) is 68.3 cm³/mol. The molecule has 1 atom stereocenters. The predicted octanol–water partition coefficient (Wildman–Crippen LogP) is -1.01. The van der Waals surface area contributed by atoms with Gasteiger partial charge in [-0.1, -0.05) is 0 Å². The lowest BCUT2D eigenvalue weighted by molar-refractivity contribution is 0.174. The summed E-state index contributed by atoms with van der Waals surface area (Å²) >= 11 is 0. The molecule has 100 valence electrons. The summed E-state index contributed by atoms with van der Waals surface area (Å²) in [6.45, 7) is 1.20. The van der Waals surface area contributed by atoms with Crippen LogP contribution in [0.25, 0.3) is 0 Å². The van der Waals surface area contributed by atoms with Crippen LogP contribution >= 0.6 is 0 Å². The Morgan fingerprint density at radius 3 is 2.39 bits per heavy atom. The van der Waals surface area contributed by atoms with E-state index in [4.69, 9.17) is 11.5 Å². The largest absolute Gasteiger partial charge is 0.508 e. The number of phenolic OH excluding ortho intramolecular Hbond substituents is 2. The van der Waals surface area contributed by atoms with Crippen molar-refractivity contribution in [3.8, 4) is 11.5 Å². The second-order valence-corrected chi connectivity index (χ2v) is 3.81. The number of aliphatic imine (C=N–C) groups is 1. The van der Waals surface area contributed by atoms with E-state index in [1.165, 1.54) is 18.2 Å². The van der Waals surface area contributed by atoms with Crippen molar-refractivity contribution in [3.63, 3.8) is 0 Å². The maximum Gasteiger partial charge on any atom is 0.185 e. The van der Waals surface area contributed by atoms with Gasteiger partial charge in [0.25, 0.3) is 0 Å². The summed E-state index contributed by atoms with van der Waals surface area (Å²) in [5.41, 5.74) is 10.7. The van der Waals surface area contributed by atoms with Crippen molar-refractivity contribution in [1.29, 1.82) is 0 Å². The van der Waals surface area contributed by atoms with Crippen LogP contribution in [0.5, 0.6) is 11.5 Å². The van der Waals surface area contributed by atoms with Crippen molar-refractivity contribution in [1.82, 2.24) is 5.32 Å². The first-order valence-electron chi connectivity index (χ1n) is 5.46. The van der Waals surface area contributed by atoms with Crippen LogP contribution in [0.1, 0.15) is 11.7 Å². The molecular formula is C11H18N4O3. The Balaban J connectivity index is 2.40. The molecular weight excluding hydrogens is 236 g/mol. The highest BCUT2D eigenvalue weighted by atomic mass is 16.3. The van der Waals surface area contributed by atoms with Crippen LogP contribution in [0.4, 0.5) is 0 Å². The van der Waals surface area contributed by atoms with Crippen LogP contribution in [0.3, 0.4) is 0 Å². The number of nitrogens with zero attached hydrogens (tertiary/aromatic N) is 1. The molecule has 0 radical (unpaired) electrons. The molecule has 1 rings (SSSR count). The minimum atomic E-state index is -0.831. The van der Waals surface area contributed by atoms with Gasteiger partial charge in [0.15, 0.2) is 5.96 Å². The maximum absolute atomic E-state index is 9.81. The third-order valence-corrected chi connectivity index (χ3v) is 2.23. The number of rotatable bonds is 6. The van der Waals surface area contributed by atoms with E-state index < -0.39 is 6.10 Å². The molecule has 0 amide bonds. The van der Waals surface area contributed by atoms with Crippen molar-refractivity contribution in [3.05, 3.63) is 23.8 Å². The molecule has 1 aromatic carbocycles. The maximum atomic E-state index is 9.81. The van der Waals surface area contributed by atoms with Crippen LogP contribution < -0.4 is 16.8 Å². The zero-order valence-corrected chi connectivity index (χ0v) is 9.87. The van der Waals surface area contributed by atoms with Gasteiger partial charge < -0.3 is 32.1 Å². The SMILES string of the molecule is NC(N)=NCCNCC(O)c1cc(O)cc(O)c1. The number of aromatic hydroxyl groups is 2. The lowest BCUT2D eigenvalue weighted by Gasteiger charge is -2.12. The number of nitrogens with one attached hydrogen (secondary N) is 1. The molecule has 7 nitrogen and oxygen atoms in total. The van der Waals surface area contributed by atoms with E-state index in [-0.39, 0.29) is 24.0 Å². The first kappa shape index (κ1) is 14.1. The fourth-order valence-electron chi connectivity index (χ4n) is 1.43. The topological polar surface area (TPSA) is 137 Å². The van der Waals surface area contributed by atoms with Gasteiger partial charge in [-0.2, -0.15) is 0 Å². The highest BCUT2D eigenvalue weighted by Gasteiger charge is 2.09.